The van der Waals surface area contributed by atoms with E-state index in [2.05, 4.69) is 15.6 Å². The van der Waals surface area contributed by atoms with Gasteiger partial charge in [0, 0.05) is 18.7 Å². The molecule has 1 fully saturated rings. The van der Waals surface area contributed by atoms with Gasteiger partial charge in [-0.15, -0.1) is 12.4 Å². The molecule has 2 heterocycles. The van der Waals surface area contributed by atoms with Crippen LogP contribution in [0.4, 0.5) is 5.69 Å². The van der Waals surface area contributed by atoms with Crippen LogP contribution in [0.25, 0.3) is 0 Å². The predicted molar refractivity (Wildman–Crippen MR) is 68.1 cm³/mol. The highest BCUT2D eigenvalue weighted by molar-refractivity contribution is 5.93. The van der Waals surface area contributed by atoms with E-state index in [0.29, 0.717) is 0 Å². The molecule has 1 atom stereocenters. The third-order valence-electron chi connectivity index (χ3n) is 2.76. The Morgan fingerprint density at radius 1 is 1.56 bits per heavy atom. The lowest BCUT2D eigenvalue weighted by Crippen LogP contribution is -2.45. The number of H-pyrrole nitrogens is 1. The zero-order valence-corrected chi connectivity index (χ0v) is 10.5. The minimum atomic E-state index is -0.532. The summed E-state index contributed by atoms with van der Waals surface area (Å²) < 4.78 is 0. The molecular weight excluding hydrogens is 260 g/mol. The molecule has 8 heteroatoms. The zero-order chi connectivity index (χ0) is 12.3. The summed E-state index contributed by atoms with van der Waals surface area (Å²) in [5, 5.41) is 16.5. The molecule has 0 aromatic carbocycles. The first kappa shape index (κ1) is 14.5. The number of hydrogen-bond acceptors (Lipinski definition) is 4. The van der Waals surface area contributed by atoms with Crippen LogP contribution >= 0.6 is 12.4 Å². The molecule has 100 valence electrons. The van der Waals surface area contributed by atoms with Crippen LogP contribution in [0.5, 0.6) is 0 Å². The molecule has 0 bridgehead atoms. The summed E-state index contributed by atoms with van der Waals surface area (Å²) in [4.78, 5) is 24.3. The summed E-state index contributed by atoms with van der Waals surface area (Å²) in [6, 6.07) is 1.34. The second kappa shape index (κ2) is 6.36. The Labute approximate surface area is 110 Å². The highest BCUT2D eigenvalue weighted by Crippen LogP contribution is 2.12. The SMILES string of the molecule is Cl.O=C(NC1CCCNC1)c1cc([N+](=O)[O-])c[nH]1. The van der Waals surface area contributed by atoms with E-state index in [9.17, 15) is 14.9 Å². The molecule has 0 saturated carbocycles. The fourth-order valence-electron chi connectivity index (χ4n) is 1.86. The van der Waals surface area contributed by atoms with Gasteiger partial charge in [0.1, 0.15) is 5.69 Å². The molecule has 1 amide bonds. The van der Waals surface area contributed by atoms with Crippen molar-refractivity contribution in [3.8, 4) is 0 Å². The number of carbonyl (C=O) groups is 1. The highest BCUT2D eigenvalue weighted by atomic mass is 35.5. The average Bonchev–Trinajstić information content (AvgIpc) is 2.79. The van der Waals surface area contributed by atoms with E-state index < -0.39 is 4.92 Å². The molecule has 0 aliphatic carbocycles. The average molecular weight is 275 g/mol. The van der Waals surface area contributed by atoms with E-state index in [0.717, 1.165) is 25.9 Å². The number of carbonyl (C=O) groups excluding carboxylic acids is 1. The van der Waals surface area contributed by atoms with Crippen LogP contribution in [-0.4, -0.2) is 34.9 Å². The first-order valence-corrected chi connectivity index (χ1v) is 5.51. The molecule has 2 rings (SSSR count). The lowest BCUT2D eigenvalue weighted by atomic mass is 10.1. The molecule has 0 radical (unpaired) electrons. The molecule has 1 saturated heterocycles. The van der Waals surface area contributed by atoms with Crippen molar-refractivity contribution in [1.82, 2.24) is 15.6 Å². The summed E-state index contributed by atoms with van der Waals surface area (Å²) in [5.74, 6) is -0.299. The van der Waals surface area contributed by atoms with E-state index >= 15 is 0 Å². The van der Waals surface area contributed by atoms with Crippen molar-refractivity contribution >= 4 is 24.0 Å². The van der Waals surface area contributed by atoms with E-state index in [-0.39, 0.29) is 35.7 Å². The van der Waals surface area contributed by atoms with Crippen molar-refractivity contribution in [1.29, 1.82) is 0 Å². The standard InChI is InChI=1S/C10H14N4O3.ClH/c15-10(13-7-2-1-3-11-5-7)9-4-8(6-12-9)14(16)17;/h4,6-7,11-12H,1-3,5H2,(H,13,15);1H. The van der Waals surface area contributed by atoms with Crippen LogP contribution in [-0.2, 0) is 0 Å². The Kier molecular flexibility index (Phi) is 5.11. The third-order valence-corrected chi connectivity index (χ3v) is 2.76. The fraction of sp³-hybridized carbons (Fsp3) is 0.500. The van der Waals surface area contributed by atoms with Gasteiger partial charge in [-0.2, -0.15) is 0 Å². The summed E-state index contributed by atoms with van der Waals surface area (Å²) in [6.45, 7) is 1.72. The fourth-order valence-corrected chi connectivity index (χ4v) is 1.86. The molecule has 1 aromatic heterocycles. The number of rotatable bonds is 3. The Balaban J connectivity index is 0.00000162. The Morgan fingerprint density at radius 2 is 2.33 bits per heavy atom. The number of piperidine rings is 1. The van der Waals surface area contributed by atoms with Gasteiger partial charge in [-0.3, -0.25) is 14.9 Å². The molecule has 1 aromatic rings. The molecule has 1 aliphatic heterocycles. The van der Waals surface area contributed by atoms with Crippen LogP contribution < -0.4 is 10.6 Å². The number of nitrogens with zero attached hydrogens (tertiary/aromatic N) is 1. The molecule has 18 heavy (non-hydrogen) atoms. The Morgan fingerprint density at radius 3 is 2.89 bits per heavy atom. The smallest absolute Gasteiger partial charge is 0.287 e. The van der Waals surface area contributed by atoms with Crippen molar-refractivity contribution in [2.45, 2.75) is 18.9 Å². The molecule has 3 N–H and O–H groups in total. The minimum Gasteiger partial charge on any atom is -0.351 e. The first-order valence-electron chi connectivity index (χ1n) is 5.51. The second-order valence-electron chi connectivity index (χ2n) is 4.05. The van der Waals surface area contributed by atoms with Crippen molar-refractivity contribution in [2.24, 2.45) is 0 Å². The van der Waals surface area contributed by atoms with Gasteiger partial charge < -0.3 is 15.6 Å². The van der Waals surface area contributed by atoms with Gasteiger partial charge in [-0.1, -0.05) is 0 Å². The number of nitro groups is 1. The van der Waals surface area contributed by atoms with Crippen LogP contribution in [0.2, 0.25) is 0 Å². The Bertz CT molecular complexity index is 429. The summed E-state index contributed by atoms with van der Waals surface area (Å²) in [5.41, 5.74) is 0.124. The summed E-state index contributed by atoms with van der Waals surface area (Å²) >= 11 is 0. The number of amides is 1. The second-order valence-corrected chi connectivity index (χ2v) is 4.05. The van der Waals surface area contributed by atoms with Gasteiger partial charge in [0.25, 0.3) is 11.6 Å². The van der Waals surface area contributed by atoms with Crippen LogP contribution in [0.15, 0.2) is 12.3 Å². The van der Waals surface area contributed by atoms with Gasteiger partial charge >= 0.3 is 0 Å². The van der Waals surface area contributed by atoms with Gasteiger partial charge in [0.2, 0.25) is 0 Å². The van der Waals surface area contributed by atoms with E-state index in [4.69, 9.17) is 0 Å². The molecule has 1 aliphatic rings. The van der Waals surface area contributed by atoms with Crippen molar-refractivity contribution in [3.05, 3.63) is 28.1 Å². The lowest BCUT2D eigenvalue weighted by Gasteiger charge is -2.23. The lowest BCUT2D eigenvalue weighted by molar-refractivity contribution is -0.384. The maximum absolute atomic E-state index is 11.8. The number of nitrogens with one attached hydrogen (secondary N) is 3. The number of halogens is 1. The number of aromatic nitrogens is 1. The van der Waals surface area contributed by atoms with Crippen LogP contribution in [0.3, 0.4) is 0 Å². The third kappa shape index (κ3) is 3.44. The van der Waals surface area contributed by atoms with Gasteiger partial charge in [-0.05, 0) is 19.4 Å². The first-order chi connectivity index (χ1) is 8.16. The topological polar surface area (TPSA) is 100 Å². The maximum atomic E-state index is 11.8. The quantitative estimate of drug-likeness (QED) is 0.561. The largest absolute Gasteiger partial charge is 0.351 e. The van der Waals surface area contributed by atoms with E-state index in [1.807, 2.05) is 0 Å². The van der Waals surface area contributed by atoms with Crippen molar-refractivity contribution in [3.63, 3.8) is 0 Å². The summed E-state index contributed by atoms with van der Waals surface area (Å²) in [7, 11) is 0. The number of hydrogen-bond donors (Lipinski definition) is 3. The van der Waals surface area contributed by atoms with Crippen LogP contribution in [0, 0.1) is 10.1 Å². The molecule has 0 spiro atoms. The molecule has 1 unspecified atom stereocenters. The van der Waals surface area contributed by atoms with Gasteiger partial charge in [0.05, 0.1) is 11.1 Å². The van der Waals surface area contributed by atoms with E-state index in [1.54, 1.807) is 0 Å². The highest BCUT2D eigenvalue weighted by Gasteiger charge is 2.19. The van der Waals surface area contributed by atoms with Crippen molar-refractivity contribution < 1.29 is 9.72 Å². The van der Waals surface area contributed by atoms with Gasteiger partial charge in [0.15, 0.2) is 0 Å². The molecule has 7 nitrogen and oxygen atoms in total. The summed E-state index contributed by atoms with van der Waals surface area (Å²) in [6.07, 6.45) is 3.17. The van der Waals surface area contributed by atoms with E-state index in [1.165, 1.54) is 12.3 Å². The van der Waals surface area contributed by atoms with Crippen molar-refractivity contribution in [2.75, 3.05) is 13.1 Å². The number of aromatic amines is 1. The predicted octanol–water partition coefficient (Wildman–Crippen LogP) is 0.827. The monoisotopic (exact) mass is 274 g/mol. The van der Waals surface area contributed by atoms with Crippen LogP contribution in [0.1, 0.15) is 23.3 Å². The Hall–Kier alpha value is -1.60. The maximum Gasteiger partial charge on any atom is 0.287 e. The molecular formula is C10H15ClN4O3. The van der Waals surface area contributed by atoms with Gasteiger partial charge in [-0.25, -0.2) is 0 Å². The minimum absolute atomic E-state index is 0. The normalized spacial score (nSPS) is 18.8. The zero-order valence-electron chi connectivity index (χ0n) is 9.64.